The van der Waals surface area contributed by atoms with Gasteiger partial charge in [0.1, 0.15) is 5.56 Å². The molecule has 3 aliphatic rings. The minimum absolute atomic E-state index is 0.00807. The molecule has 2 bridgehead atoms. The highest BCUT2D eigenvalue weighted by molar-refractivity contribution is 6.31. The molecule has 0 spiro atoms. The molecule has 2 atom stereocenters. The summed E-state index contributed by atoms with van der Waals surface area (Å²) in [6, 6.07) is 9.49. The Morgan fingerprint density at radius 3 is 2.45 bits per heavy atom. The number of pyridine rings is 1. The number of rotatable bonds is 4. The quantitative estimate of drug-likeness (QED) is 0.417. The van der Waals surface area contributed by atoms with Gasteiger partial charge in [-0.25, -0.2) is 9.59 Å². The first-order valence-electron chi connectivity index (χ1n) is 11.0. The molecule has 9 nitrogen and oxygen atoms in total. The number of aliphatic hydroxyl groups excluding tert-OH is 1. The number of ether oxygens (including phenoxy) is 3. The number of Topliss-reactive ketones (excluding diaryl/α,β-unsaturated/α-hetero) is 1. The summed E-state index contributed by atoms with van der Waals surface area (Å²) in [6.07, 6.45) is 2.08. The first-order chi connectivity index (χ1) is 15.9. The van der Waals surface area contributed by atoms with E-state index in [1.165, 1.54) is 24.3 Å². The van der Waals surface area contributed by atoms with Gasteiger partial charge in [-0.2, -0.15) is 4.98 Å². The Morgan fingerprint density at radius 1 is 1.09 bits per heavy atom. The van der Waals surface area contributed by atoms with Gasteiger partial charge < -0.3 is 19.3 Å². The van der Waals surface area contributed by atoms with E-state index in [-0.39, 0.29) is 40.8 Å². The van der Waals surface area contributed by atoms with E-state index in [4.69, 9.17) is 14.2 Å². The van der Waals surface area contributed by atoms with Crippen LogP contribution < -0.4 is 14.2 Å². The Bertz CT molecular complexity index is 1090. The maximum absolute atomic E-state index is 13.4. The summed E-state index contributed by atoms with van der Waals surface area (Å²) in [5.74, 6) is -3.37. The predicted octanol–water partition coefficient (Wildman–Crippen LogP) is 1.34. The molecule has 2 aliphatic heterocycles. The van der Waals surface area contributed by atoms with Crippen LogP contribution in [0, 0.1) is 5.92 Å². The van der Waals surface area contributed by atoms with Crippen molar-refractivity contribution < 1.29 is 33.7 Å². The van der Waals surface area contributed by atoms with E-state index in [2.05, 4.69) is 22.0 Å². The molecule has 2 aromatic rings. The molecule has 0 radical (unpaired) electrons. The average molecular weight is 452 g/mol. The molecule has 9 heteroatoms. The van der Waals surface area contributed by atoms with Crippen molar-refractivity contribution in [2.45, 2.75) is 37.8 Å². The van der Waals surface area contributed by atoms with Crippen LogP contribution in [-0.4, -0.2) is 65.1 Å². The molecule has 2 unspecified atom stereocenters. The molecule has 5 rings (SSSR count). The van der Waals surface area contributed by atoms with Gasteiger partial charge in [-0.05, 0) is 43.5 Å². The highest BCUT2D eigenvalue weighted by Crippen LogP contribution is 2.37. The van der Waals surface area contributed by atoms with Crippen molar-refractivity contribution in [2.24, 2.45) is 5.92 Å². The number of nitrogens with zero attached hydrogens (tertiary/aromatic N) is 2. The largest absolute Gasteiger partial charge is 0.481 e. The number of piperidine rings is 1. The van der Waals surface area contributed by atoms with Crippen molar-refractivity contribution in [3.05, 3.63) is 47.0 Å². The van der Waals surface area contributed by atoms with Crippen LogP contribution in [-0.2, 0) is 22.4 Å². The highest BCUT2D eigenvalue weighted by Gasteiger charge is 2.39. The van der Waals surface area contributed by atoms with Crippen LogP contribution in [0.1, 0.15) is 34.3 Å². The van der Waals surface area contributed by atoms with Crippen molar-refractivity contribution in [1.82, 2.24) is 9.88 Å². The summed E-state index contributed by atoms with van der Waals surface area (Å²) in [5.41, 5.74) is 2.43. The van der Waals surface area contributed by atoms with Crippen LogP contribution in [0.3, 0.4) is 0 Å². The first kappa shape index (κ1) is 21.5. The topological polar surface area (TPSA) is 115 Å². The summed E-state index contributed by atoms with van der Waals surface area (Å²) in [5, 5.41) is 10.7. The van der Waals surface area contributed by atoms with Crippen molar-refractivity contribution in [1.29, 1.82) is 0 Å². The molecule has 3 heterocycles. The standard InChI is InChI=1S/C24H24N2O7/c1-31-19-12-18-20(22(25-19)33-24(30)23(29)32-18)21(28)13-6-8-26(9-7-13)16-10-14-4-2-3-5-15(14)11-17(16)27/h2-5,12-13,16-17,27H,6-11H2,1H3. The maximum atomic E-state index is 13.4. The zero-order chi connectivity index (χ0) is 23.1. The number of likely N-dealkylation sites (tertiary alicyclic amines) is 1. The van der Waals surface area contributed by atoms with Gasteiger partial charge in [-0.1, -0.05) is 24.3 Å². The summed E-state index contributed by atoms with van der Waals surface area (Å²) in [7, 11) is 1.37. The van der Waals surface area contributed by atoms with Gasteiger partial charge in [-0.3, -0.25) is 9.69 Å². The summed E-state index contributed by atoms with van der Waals surface area (Å²) < 4.78 is 15.1. The van der Waals surface area contributed by atoms with Gasteiger partial charge in [0.25, 0.3) is 0 Å². The number of ketones is 1. The molecule has 33 heavy (non-hydrogen) atoms. The Balaban J connectivity index is 1.32. The second-order valence-corrected chi connectivity index (χ2v) is 8.61. The van der Waals surface area contributed by atoms with Crippen LogP contribution in [0.15, 0.2) is 30.3 Å². The van der Waals surface area contributed by atoms with Gasteiger partial charge in [0.15, 0.2) is 11.5 Å². The number of carbonyl (C=O) groups is 3. The number of aliphatic hydroxyl groups is 1. The lowest BCUT2D eigenvalue weighted by Crippen LogP contribution is -2.51. The minimum atomic E-state index is -1.24. The van der Waals surface area contributed by atoms with Gasteiger partial charge in [-0.15, -0.1) is 0 Å². The number of carbonyl (C=O) groups excluding carboxylic acids is 3. The van der Waals surface area contributed by atoms with E-state index in [0.717, 1.165) is 6.42 Å². The number of aromatic nitrogens is 1. The summed E-state index contributed by atoms with van der Waals surface area (Å²) >= 11 is 0. The number of methoxy groups -OCH3 is 1. The fraction of sp³-hybridized carbons (Fsp3) is 0.417. The van der Waals surface area contributed by atoms with Crippen LogP contribution >= 0.6 is 0 Å². The zero-order valence-corrected chi connectivity index (χ0v) is 18.2. The highest BCUT2D eigenvalue weighted by atomic mass is 16.6. The molecule has 1 aromatic heterocycles. The SMILES string of the molecule is COc1cc2c(C(=O)C3CCN(C4Cc5ccccc5CC4O)CC3)c(n1)OC(=O)C(=O)O2. The third-order valence-corrected chi connectivity index (χ3v) is 6.73. The van der Waals surface area contributed by atoms with Gasteiger partial charge >= 0.3 is 11.9 Å². The Morgan fingerprint density at radius 2 is 1.76 bits per heavy atom. The van der Waals surface area contributed by atoms with Crippen LogP contribution in [0.4, 0.5) is 0 Å². The lowest BCUT2D eigenvalue weighted by molar-refractivity contribution is -0.155. The fourth-order valence-electron chi connectivity index (χ4n) is 4.98. The summed E-state index contributed by atoms with van der Waals surface area (Å²) in [4.78, 5) is 43.3. The normalized spacial score (nSPS) is 23.2. The van der Waals surface area contributed by atoms with Crippen molar-refractivity contribution in [2.75, 3.05) is 20.2 Å². The second kappa shape index (κ2) is 8.57. The summed E-state index contributed by atoms with van der Waals surface area (Å²) in [6.45, 7) is 1.29. The average Bonchev–Trinajstić information content (AvgIpc) is 2.89. The first-order valence-corrected chi connectivity index (χ1v) is 11.0. The third-order valence-electron chi connectivity index (χ3n) is 6.73. The number of esters is 2. The van der Waals surface area contributed by atoms with Crippen LogP contribution in [0.25, 0.3) is 0 Å². The molecule has 1 fully saturated rings. The molecule has 1 N–H and O–H groups in total. The second-order valence-electron chi connectivity index (χ2n) is 8.61. The van der Waals surface area contributed by atoms with Gasteiger partial charge in [0.05, 0.1) is 13.2 Å². The van der Waals surface area contributed by atoms with E-state index < -0.39 is 18.0 Å². The molecule has 1 aliphatic carbocycles. The molecule has 1 aromatic carbocycles. The molecule has 1 saturated heterocycles. The minimum Gasteiger partial charge on any atom is -0.481 e. The molecule has 0 saturated carbocycles. The fourth-order valence-corrected chi connectivity index (χ4v) is 4.98. The predicted molar refractivity (Wildman–Crippen MR) is 114 cm³/mol. The van der Waals surface area contributed by atoms with E-state index in [0.29, 0.717) is 32.4 Å². The van der Waals surface area contributed by atoms with E-state index in [9.17, 15) is 19.5 Å². The molecular formula is C24H24N2O7. The lowest BCUT2D eigenvalue weighted by Gasteiger charge is -2.41. The molecule has 172 valence electrons. The Labute approximate surface area is 190 Å². The number of hydrogen-bond donors (Lipinski definition) is 1. The van der Waals surface area contributed by atoms with Gasteiger partial charge in [0.2, 0.25) is 11.8 Å². The van der Waals surface area contributed by atoms with E-state index in [1.807, 2.05) is 12.1 Å². The number of hydrogen-bond acceptors (Lipinski definition) is 9. The lowest BCUT2D eigenvalue weighted by atomic mass is 9.83. The van der Waals surface area contributed by atoms with Crippen molar-refractivity contribution in [3.63, 3.8) is 0 Å². The van der Waals surface area contributed by atoms with Crippen LogP contribution in [0.5, 0.6) is 17.5 Å². The molecule has 0 amide bonds. The zero-order valence-electron chi connectivity index (χ0n) is 18.2. The third kappa shape index (κ3) is 3.98. The van der Waals surface area contributed by atoms with Crippen molar-refractivity contribution in [3.8, 4) is 17.5 Å². The van der Waals surface area contributed by atoms with Gasteiger partial charge in [0, 0.05) is 24.4 Å². The Hall–Kier alpha value is -3.30. The van der Waals surface area contributed by atoms with Crippen LogP contribution in [0.2, 0.25) is 0 Å². The number of benzene rings is 1. The Kier molecular flexibility index (Phi) is 5.59. The number of fused-ring (bicyclic) bond motifs is 3. The molecular weight excluding hydrogens is 428 g/mol. The van der Waals surface area contributed by atoms with E-state index >= 15 is 0 Å². The maximum Gasteiger partial charge on any atom is 0.424 e. The smallest absolute Gasteiger partial charge is 0.424 e. The monoisotopic (exact) mass is 452 g/mol. The van der Waals surface area contributed by atoms with Crippen molar-refractivity contribution >= 4 is 17.7 Å². The van der Waals surface area contributed by atoms with E-state index in [1.54, 1.807) is 0 Å².